The van der Waals surface area contributed by atoms with Crippen molar-refractivity contribution in [2.24, 2.45) is 0 Å². The lowest BCUT2D eigenvalue weighted by molar-refractivity contribution is 0.425. The van der Waals surface area contributed by atoms with Crippen molar-refractivity contribution >= 4 is 27.6 Å². The minimum absolute atomic E-state index is 0.174. The molecule has 0 spiro atoms. The molecule has 7 heteroatoms. The average Bonchev–Trinajstić information content (AvgIpc) is 3.12. The molecule has 1 aromatic heterocycles. The van der Waals surface area contributed by atoms with E-state index >= 15 is 0 Å². The van der Waals surface area contributed by atoms with Crippen molar-refractivity contribution in [3.63, 3.8) is 0 Å². The summed E-state index contributed by atoms with van der Waals surface area (Å²) in [4.78, 5) is 6.04. The van der Waals surface area contributed by atoms with Gasteiger partial charge in [0, 0.05) is 16.7 Å². The van der Waals surface area contributed by atoms with Crippen LogP contribution in [0.1, 0.15) is 5.56 Å². The van der Waals surface area contributed by atoms with Crippen LogP contribution >= 0.6 is 15.9 Å². The Balaban J connectivity index is 1.74. The lowest BCUT2D eigenvalue weighted by Gasteiger charge is -2.13. The molecule has 0 N–H and O–H groups in total. The maximum absolute atomic E-state index is 14.0. The van der Waals surface area contributed by atoms with Gasteiger partial charge in [0.2, 0.25) is 0 Å². The Morgan fingerprint density at radius 2 is 1.87 bits per heavy atom. The van der Waals surface area contributed by atoms with Gasteiger partial charge in [0.1, 0.15) is 17.2 Å². The molecule has 23 heavy (non-hydrogen) atoms. The standard InChI is InChI=1S/C16H10BrF2N3O/c17-10-7-11(18)14(12(19)8-10)15-20-16(21-23-15)22-6-5-9-3-1-2-4-13(9)22/h1-4,7-8H,5-6H2. The van der Waals surface area contributed by atoms with Gasteiger partial charge in [-0.2, -0.15) is 4.98 Å². The normalized spacial score (nSPS) is 13.4. The number of para-hydroxylation sites is 1. The Kier molecular flexibility index (Phi) is 3.37. The Labute approximate surface area is 138 Å². The first-order chi connectivity index (χ1) is 11.1. The van der Waals surface area contributed by atoms with Crippen molar-refractivity contribution in [3.8, 4) is 11.5 Å². The molecule has 4 rings (SSSR count). The molecule has 0 amide bonds. The highest BCUT2D eigenvalue weighted by Gasteiger charge is 2.26. The number of benzene rings is 2. The van der Waals surface area contributed by atoms with Gasteiger partial charge in [-0.1, -0.05) is 34.1 Å². The number of hydrogen-bond donors (Lipinski definition) is 0. The second-order valence-electron chi connectivity index (χ2n) is 5.17. The third-order valence-electron chi connectivity index (χ3n) is 3.76. The van der Waals surface area contributed by atoms with Crippen LogP contribution in [0.4, 0.5) is 20.4 Å². The van der Waals surface area contributed by atoms with Crippen molar-refractivity contribution in [3.05, 3.63) is 58.1 Å². The maximum atomic E-state index is 14.0. The van der Waals surface area contributed by atoms with Gasteiger partial charge in [-0.25, -0.2) is 8.78 Å². The number of aromatic nitrogens is 2. The van der Waals surface area contributed by atoms with E-state index in [0.717, 1.165) is 24.2 Å². The monoisotopic (exact) mass is 377 g/mol. The fourth-order valence-corrected chi connectivity index (χ4v) is 3.12. The highest BCUT2D eigenvalue weighted by molar-refractivity contribution is 9.10. The number of hydrogen-bond acceptors (Lipinski definition) is 4. The molecule has 3 aromatic rings. The van der Waals surface area contributed by atoms with E-state index in [9.17, 15) is 8.78 Å². The number of fused-ring (bicyclic) bond motifs is 1. The fraction of sp³-hybridized carbons (Fsp3) is 0.125. The van der Waals surface area contributed by atoms with Crippen LogP contribution in [0.3, 0.4) is 0 Å². The molecule has 0 saturated carbocycles. The highest BCUT2D eigenvalue weighted by Crippen LogP contribution is 2.34. The van der Waals surface area contributed by atoms with E-state index in [0.29, 0.717) is 17.0 Å². The second-order valence-corrected chi connectivity index (χ2v) is 6.09. The Bertz CT molecular complexity index is 874. The van der Waals surface area contributed by atoms with E-state index < -0.39 is 11.6 Å². The molecule has 0 atom stereocenters. The number of anilines is 2. The van der Waals surface area contributed by atoms with Crippen molar-refractivity contribution in [2.45, 2.75) is 6.42 Å². The van der Waals surface area contributed by atoms with Crippen LogP contribution in [0.15, 0.2) is 45.4 Å². The van der Waals surface area contributed by atoms with Gasteiger partial charge in [-0.15, -0.1) is 0 Å². The zero-order valence-corrected chi connectivity index (χ0v) is 13.3. The summed E-state index contributed by atoms with van der Waals surface area (Å²) in [7, 11) is 0. The molecule has 0 bridgehead atoms. The van der Waals surface area contributed by atoms with Crippen molar-refractivity contribution in [2.75, 3.05) is 11.4 Å². The van der Waals surface area contributed by atoms with Gasteiger partial charge in [0.05, 0.1) is 0 Å². The van der Waals surface area contributed by atoms with Crippen LogP contribution in [0.25, 0.3) is 11.5 Å². The van der Waals surface area contributed by atoms with Crippen molar-refractivity contribution < 1.29 is 13.3 Å². The third kappa shape index (κ3) is 2.41. The quantitative estimate of drug-likeness (QED) is 0.660. The lowest BCUT2D eigenvalue weighted by atomic mass is 10.2. The van der Waals surface area contributed by atoms with E-state index in [1.807, 2.05) is 29.2 Å². The summed E-state index contributed by atoms with van der Waals surface area (Å²) in [5.41, 5.74) is 1.84. The summed E-state index contributed by atoms with van der Waals surface area (Å²) in [6.07, 6.45) is 0.862. The minimum atomic E-state index is -0.756. The Hall–Kier alpha value is -2.28. The zero-order chi connectivity index (χ0) is 16.0. The van der Waals surface area contributed by atoms with Gasteiger partial charge in [-0.3, -0.25) is 0 Å². The molecule has 116 valence electrons. The lowest BCUT2D eigenvalue weighted by Crippen LogP contribution is -2.14. The summed E-state index contributed by atoms with van der Waals surface area (Å²) in [5, 5.41) is 3.87. The van der Waals surface area contributed by atoms with E-state index in [1.165, 1.54) is 5.56 Å². The maximum Gasteiger partial charge on any atom is 0.270 e. The van der Waals surface area contributed by atoms with Crippen LogP contribution in [0.5, 0.6) is 0 Å². The minimum Gasteiger partial charge on any atom is -0.332 e. The van der Waals surface area contributed by atoms with E-state index in [4.69, 9.17) is 4.52 Å². The predicted molar refractivity (Wildman–Crippen MR) is 84.5 cm³/mol. The van der Waals surface area contributed by atoms with Crippen LogP contribution in [0.2, 0.25) is 0 Å². The summed E-state index contributed by atoms with van der Waals surface area (Å²) in [6.45, 7) is 0.698. The van der Waals surface area contributed by atoms with Gasteiger partial charge in [-0.05, 0) is 35.3 Å². The second kappa shape index (κ2) is 5.42. The number of rotatable bonds is 2. The van der Waals surface area contributed by atoms with Crippen molar-refractivity contribution in [1.29, 1.82) is 0 Å². The van der Waals surface area contributed by atoms with Crippen LogP contribution < -0.4 is 4.90 Å². The molecule has 4 nitrogen and oxygen atoms in total. The Morgan fingerprint density at radius 3 is 2.65 bits per heavy atom. The predicted octanol–water partition coefficient (Wildman–Crippen LogP) is 4.47. The molecule has 0 unspecified atom stereocenters. The topological polar surface area (TPSA) is 42.2 Å². The third-order valence-corrected chi connectivity index (χ3v) is 4.22. The van der Waals surface area contributed by atoms with Crippen LogP contribution in [-0.4, -0.2) is 16.7 Å². The highest BCUT2D eigenvalue weighted by atomic mass is 79.9. The van der Waals surface area contributed by atoms with Gasteiger partial charge in [0.15, 0.2) is 0 Å². The molecule has 0 saturated heterocycles. The fourth-order valence-electron chi connectivity index (χ4n) is 2.72. The van der Waals surface area contributed by atoms with E-state index in [2.05, 4.69) is 26.1 Å². The number of halogens is 3. The molecule has 2 aromatic carbocycles. The van der Waals surface area contributed by atoms with Crippen molar-refractivity contribution in [1.82, 2.24) is 10.1 Å². The summed E-state index contributed by atoms with van der Waals surface area (Å²) in [6, 6.07) is 10.2. The summed E-state index contributed by atoms with van der Waals surface area (Å²) >= 11 is 3.04. The molecule has 0 radical (unpaired) electrons. The summed E-state index contributed by atoms with van der Waals surface area (Å²) < 4.78 is 33.4. The van der Waals surface area contributed by atoms with Gasteiger partial charge < -0.3 is 9.42 Å². The zero-order valence-electron chi connectivity index (χ0n) is 11.8. The summed E-state index contributed by atoms with van der Waals surface area (Å²) in [5.74, 6) is -1.39. The largest absolute Gasteiger partial charge is 0.332 e. The average molecular weight is 378 g/mol. The van der Waals surface area contributed by atoms with Crippen LogP contribution in [0, 0.1) is 11.6 Å². The first-order valence-electron chi connectivity index (χ1n) is 6.97. The molecule has 0 fully saturated rings. The molecule has 0 aliphatic carbocycles. The van der Waals surface area contributed by atoms with Crippen LogP contribution in [-0.2, 0) is 6.42 Å². The molecule has 2 heterocycles. The van der Waals surface area contributed by atoms with Gasteiger partial charge >= 0.3 is 0 Å². The molecule has 1 aliphatic heterocycles. The molecular formula is C16H10BrF2N3O. The van der Waals surface area contributed by atoms with Gasteiger partial charge in [0.25, 0.3) is 11.8 Å². The smallest absolute Gasteiger partial charge is 0.270 e. The SMILES string of the molecule is Fc1cc(Br)cc(F)c1-c1nc(N2CCc3ccccc32)no1. The first kappa shape index (κ1) is 14.3. The number of nitrogens with zero attached hydrogens (tertiary/aromatic N) is 3. The molecular weight excluding hydrogens is 368 g/mol. The first-order valence-corrected chi connectivity index (χ1v) is 7.77. The van der Waals surface area contributed by atoms with E-state index in [-0.39, 0.29) is 11.5 Å². The van der Waals surface area contributed by atoms with E-state index in [1.54, 1.807) is 0 Å². The molecule has 1 aliphatic rings. The Morgan fingerprint density at radius 1 is 1.13 bits per heavy atom.